The smallest absolute Gasteiger partial charge is 0.349 e. The van der Waals surface area contributed by atoms with Crippen molar-refractivity contribution in [1.82, 2.24) is 9.55 Å². The molecule has 1 N–H and O–H groups in total. The number of ether oxygens (including phenoxy) is 1. The second-order valence-electron chi connectivity index (χ2n) is 5.86. The van der Waals surface area contributed by atoms with Crippen molar-refractivity contribution in [1.29, 1.82) is 0 Å². The van der Waals surface area contributed by atoms with E-state index in [-0.39, 0.29) is 22.8 Å². The molecule has 5 nitrogen and oxygen atoms in total. The Morgan fingerprint density at radius 1 is 1.21 bits per heavy atom. The summed E-state index contributed by atoms with van der Waals surface area (Å²) in [7, 11) is 0. The molecular formula is C19H11ClF2N2O3S. The number of nitrogens with zero attached hydrogens (tertiary/aromatic N) is 2. The van der Waals surface area contributed by atoms with Gasteiger partial charge in [-0.25, -0.2) is 18.6 Å². The van der Waals surface area contributed by atoms with Crippen LogP contribution in [-0.2, 0) is 6.61 Å². The summed E-state index contributed by atoms with van der Waals surface area (Å²) in [5.41, 5.74) is 1.53. The molecule has 0 unspecified atom stereocenters. The Morgan fingerprint density at radius 3 is 2.79 bits per heavy atom. The molecule has 2 aromatic heterocycles. The lowest BCUT2D eigenvalue weighted by atomic mass is 10.2. The molecule has 0 radical (unpaired) electrons. The summed E-state index contributed by atoms with van der Waals surface area (Å²) in [4.78, 5) is 15.8. The average molecular weight is 421 g/mol. The minimum atomic E-state index is -1.17. The molecule has 0 saturated heterocycles. The van der Waals surface area contributed by atoms with E-state index in [1.54, 1.807) is 29.1 Å². The van der Waals surface area contributed by atoms with Gasteiger partial charge in [0.25, 0.3) is 0 Å². The summed E-state index contributed by atoms with van der Waals surface area (Å²) < 4.78 is 34.0. The molecule has 0 bridgehead atoms. The summed E-state index contributed by atoms with van der Waals surface area (Å²) >= 11 is 7.04. The number of fused-ring (bicyclic) bond motifs is 1. The summed E-state index contributed by atoms with van der Waals surface area (Å²) in [5.74, 6) is -2.55. The lowest BCUT2D eigenvalue weighted by Gasteiger charge is -2.06. The molecule has 2 heterocycles. The Hall–Kier alpha value is -2.97. The van der Waals surface area contributed by atoms with Crippen LogP contribution in [0.3, 0.4) is 0 Å². The van der Waals surface area contributed by atoms with Gasteiger partial charge in [-0.1, -0.05) is 11.6 Å². The van der Waals surface area contributed by atoms with Crippen molar-refractivity contribution in [3.05, 3.63) is 75.9 Å². The van der Waals surface area contributed by atoms with Gasteiger partial charge in [0.15, 0.2) is 4.88 Å². The Bertz CT molecular complexity index is 1210. The second kappa shape index (κ2) is 7.21. The Morgan fingerprint density at radius 2 is 2.04 bits per heavy atom. The zero-order valence-corrected chi connectivity index (χ0v) is 15.6. The molecule has 4 rings (SSSR count). The van der Waals surface area contributed by atoms with E-state index in [9.17, 15) is 18.7 Å². The van der Waals surface area contributed by atoms with Gasteiger partial charge < -0.3 is 9.84 Å². The number of carboxylic acid groups (broad SMARTS) is 1. The summed E-state index contributed by atoms with van der Waals surface area (Å²) in [6.07, 6.45) is 1.56. The highest BCUT2D eigenvalue weighted by molar-refractivity contribution is 7.16. The molecule has 0 aliphatic carbocycles. The van der Waals surface area contributed by atoms with Gasteiger partial charge in [0.2, 0.25) is 0 Å². The molecule has 0 amide bonds. The number of benzene rings is 2. The molecule has 0 aliphatic heterocycles. The molecule has 2 aromatic carbocycles. The maximum absolute atomic E-state index is 13.8. The van der Waals surface area contributed by atoms with Gasteiger partial charge in [0.1, 0.15) is 35.3 Å². The number of aromatic nitrogens is 2. The van der Waals surface area contributed by atoms with Gasteiger partial charge in [0, 0.05) is 22.7 Å². The SMILES string of the molecule is O=C(O)c1sc(-n2cnc3ccc(Cl)cc32)cc1OCc1ccc(F)cc1F. The highest BCUT2D eigenvalue weighted by Gasteiger charge is 2.19. The van der Waals surface area contributed by atoms with Crippen LogP contribution in [-0.4, -0.2) is 20.6 Å². The average Bonchev–Trinajstić information content (AvgIpc) is 3.24. The first-order chi connectivity index (χ1) is 13.4. The lowest BCUT2D eigenvalue weighted by molar-refractivity contribution is 0.0697. The Labute approximate surface area is 166 Å². The van der Waals surface area contributed by atoms with Crippen LogP contribution in [0, 0.1) is 11.6 Å². The minimum Gasteiger partial charge on any atom is -0.487 e. The van der Waals surface area contributed by atoms with Gasteiger partial charge in [-0.15, -0.1) is 11.3 Å². The van der Waals surface area contributed by atoms with E-state index in [2.05, 4.69) is 4.98 Å². The molecule has 4 aromatic rings. The maximum atomic E-state index is 13.8. The van der Waals surface area contributed by atoms with E-state index in [1.807, 2.05) is 0 Å². The van der Waals surface area contributed by atoms with Crippen LogP contribution in [0.4, 0.5) is 8.78 Å². The Kier molecular flexibility index (Phi) is 4.74. The normalized spacial score (nSPS) is 11.1. The fraction of sp³-hybridized carbons (Fsp3) is 0.0526. The van der Waals surface area contributed by atoms with Gasteiger partial charge in [0.05, 0.1) is 11.0 Å². The van der Waals surface area contributed by atoms with E-state index in [4.69, 9.17) is 16.3 Å². The number of carbonyl (C=O) groups is 1. The van der Waals surface area contributed by atoms with Crippen molar-refractivity contribution in [2.45, 2.75) is 6.61 Å². The Balaban J connectivity index is 1.69. The first-order valence-electron chi connectivity index (χ1n) is 7.99. The van der Waals surface area contributed by atoms with Crippen molar-refractivity contribution in [3.8, 4) is 10.8 Å². The zero-order valence-electron chi connectivity index (χ0n) is 14.0. The van der Waals surface area contributed by atoms with Crippen LogP contribution in [0.1, 0.15) is 15.2 Å². The quantitative estimate of drug-likeness (QED) is 0.476. The first kappa shape index (κ1) is 18.4. The van der Waals surface area contributed by atoms with E-state index < -0.39 is 17.6 Å². The van der Waals surface area contributed by atoms with Crippen molar-refractivity contribution in [3.63, 3.8) is 0 Å². The fourth-order valence-electron chi connectivity index (χ4n) is 2.69. The summed E-state index contributed by atoms with van der Waals surface area (Å²) in [6, 6.07) is 9.84. The van der Waals surface area contributed by atoms with Crippen LogP contribution in [0.15, 0.2) is 48.8 Å². The highest BCUT2D eigenvalue weighted by atomic mass is 35.5. The maximum Gasteiger partial charge on any atom is 0.349 e. The van der Waals surface area contributed by atoms with Crippen molar-refractivity contribution in [2.24, 2.45) is 0 Å². The standard InChI is InChI=1S/C19H11ClF2N2O3S/c20-11-2-4-14-15(5-11)24(9-23-14)17-7-16(18(28-17)19(25)26)27-8-10-1-3-12(21)6-13(10)22/h1-7,9H,8H2,(H,25,26). The molecule has 0 saturated carbocycles. The minimum absolute atomic E-state index is 0.0404. The predicted molar refractivity (Wildman–Crippen MR) is 102 cm³/mol. The van der Waals surface area contributed by atoms with Crippen LogP contribution in [0.5, 0.6) is 5.75 Å². The van der Waals surface area contributed by atoms with Crippen LogP contribution < -0.4 is 4.74 Å². The summed E-state index contributed by atoms with van der Waals surface area (Å²) in [5, 5.41) is 10.6. The first-order valence-corrected chi connectivity index (χ1v) is 9.18. The van der Waals surface area contributed by atoms with Crippen LogP contribution in [0.2, 0.25) is 5.02 Å². The van der Waals surface area contributed by atoms with Crippen LogP contribution in [0.25, 0.3) is 16.0 Å². The zero-order chi connectivity index (χ0) is 19.8. The van der Waals surface area contributed by atoms with E-state index in [0.29, 0.717) is 21.1 Å². The van der Waals surface area contributed by atoms with E-state index >= 15 is 0 Å². The number of carboxylic acids is 1. The van der Waals surface area contributed by atoms with Crippen LogP contribution >= 0.6 is 22.9 Å². The molecule has 28 heavy (non-hydrogen) atoms. The largest absolute Gasteiger partial charge is 0.487 e. The third-order valence-corrected chi connectivity index (χ3v) is 5.36. The lowest BCUT2D eigenvalue weighted by Crippen LogP contribution is -2.02. The van der Waals surface area contributed by atoms with E-state index in [0.717, 1.165) is 23.5 Å². The third kappa shape index (κ3) is 3.44. The molecule has 0 spiro atoms. The number of hydrogen-bond acceptors (Lipinski definition) is 4. The van der Waals surface area contributed by atoms with E-state index in [1.165, 1.54) is 12.1 Å². The van der Waals surface area contributed by atoms with Crippen molar-refractivity contribution >= 4 is 39.9 Å². The van der Waals surface area contributed by atoms with Crippen molar-refractivity contribution < 1.29 is 23.4 Å². The predicted octanol–water partition coefficient (Wildman–Crippen LogP) is 5.30. The van der Waals surface area contributed by atoms with Gasteiger partial charge in [-0.2, -0.15) is 0 Å². The van der Waals surface area contributed by atoms with Crippen molar-refractivity contribution in [2.75, 3.05) is 0 Å². The molecule has 0 fully saturated rings. The third-order valence-electron chi connectivity index (χ3n) is 4.02. The monoisotopic (exact) mass is 420 g/mol. The molecule has 0 aliphatic rings. The molecule has 0 atom stereocenters. The summed E-state index contributed by atoms with van der Waals surface area (Å²) in [6.45, 7) is -0.237. The van der Waals surface area contributed by atoms with Gasteiger partial charge >= 0.3 is 5.97 Å². The number of thiophene rings is 1. The number of aromatic carboxylic acids is 1. The molecule has 9 heteroatoms. The number of imidazole rings is 1. The number of rotatable bonds is 5. The second-order valence-corrected chi connectivity index (χ2v) is 7.32. The fourth-order valence-corrected chi connectivity index (χ4v) is 3.78. The van der Waals surface area contributed by atoms with Gasteiger partial charge in [-0.05, 0) is 30.3 Å². The highest BCUT2D eigenvalue weighted by Crippen LogP contribution is 2.34. The topological polar surface area (TPSA) is 64.3 Å². The number of hydrogen-bond donors (Lipinski definition) is 1. The number of halogens is 3. The van der Waals surface area contributed by atoms with Gasteiger partial charge in [-0.3, -0.25) is 4.57 Å². The molecular weight excluding hydrogens is 410 g/mol. The molecule has 142 valence electrons.